The lowest BCUT2D eigenvalue weighted by atomic mass is 10.2. The average molecular weight is 332 g/mol. The number of nitrogens with zero attached hydrogens (tertiary/aromatic N) is 1. The molecule has 1 aromatic carbocycles. The molecule has 0 spiro atoms. The maximum Gasteiger partial charge on any atom is 0.328 e. The van der Waals surface area contributed by atoms with Gasteiger partial charge in [-0.05, 0) is 18.2 Å². The Morgan fingerprint density at radius 2 is 2.10 bits per heavy atom. The Balaban J connectivity index is 2.17. The molecule has 3 amide bonds. The van der Waals surface area contributed by atoms with Gasteiger partial charge in [0.2, 0.25) is 5.91 Å². The number of anilines is 1. The molecule has 9 heteroatoms. The highest BCUT2D eigenvalue weighted by Crippen LogP contribution is 2.25. The Bertz CT molecular complexity index is 608. The van der Waals surface area contributed by atoms with Crippen LogP contribution in [-0.4, -0.2) is 47.0 Å². The lowest BCUT2D eigenvalue weighted by molar-refractivity contribution is -0.144. The predicted octanol–water partition coefficient (Wildman–Crippen LogP) is 1.41. The summed E-state index contributed by atoms with van der Waals surface area (Å²) in [4.78, 5) is 35.5. The first kappa shape index (κ1) is 15.4. The maximum absolute atomic E-state index is 12.1. The van der Waals surface area contributed by atoms with E-state index < -0.39 is 23.9 Å². The molecule has 0 radical (unpaired) electrons. The Morgan fingerprint density at radius 3 is 2.71 bits per heavy atom. The Morgan fingerprint density at radius 1 is 1.38 bits per heavy atom. The van der Waals surface area contributed by atoms with E-state index in [0.717, 1.165) is 4.90 Å². The van der Waals surface area contributed by atoms with E-state index in [1.165, 1.54) is 18.2 Å². The number of carbonyl (C=O) groups is 3. The monoisotopic (exact) mass is 331 g/mol. The highest BCUT2D eigenvalue weighted by molar-refractivity contribution is 6.36. The van der Waals surface area contributed by atoms with Crippen molar-refractivity contribution in [1.29, 1.82) is 0 Å². The number of aliphatic carboxylic acids is 1. The highest BCUT2D eigenvalue weighted by Gasteiger charge is 2.35. The molecule has 0 aliphatic carbocycles. The molecular weight excluding hydrogens is 321 g/mol. The summed E-state index contributed by atoms with van der Waals surface area (Å²) in [5.41, 5.74) is 0.279. The lowest BCUT2D eigenvalue weighted by Crippen LogP contribution is -2.60. The van der Waals surface area contributed by atoms with Gasteiger partial charge >= 0.3 is 12.0 Å². The van der Waals surface area contributed by atoms with Crippen molar-refractivity contribution < 1.29 is 19.5 Å². The summed E-state index contributed by atoms with van der Waals surface area (Å²) in [6, 6.07) is 2.61. The number of hydrogen-bond donors (Lipinski definition) is 3. The number of carboxylic acids is 1. The molecule has 21 heavy (non-hydrogen) atoms. The number of piperazine rings is 1. The van der Waals surface area contributed by atoms with E-state index in [2.05, 4.69) is 10.6 Å². The van der Waals surface area contributed by atoms with Gasteiger partial charge in [0.1, 0.15) is 12.6 Å². The van der Waals surface area contributed by atoms with Crippen LogP contribution >= 0.6 is 23.2 Å². The van der Waals surface area contributed by atoms with E-state index in [1.807, 2.05) is 0 Å². The third-order valence-electron chi connectivity index (χ3n) is 2.90. The van der Waals surface area contributed by atoms with E-state index in [0.29, 0.717) is 5.02 Å². The first-order valence-corrected chi connectivity index (χ1v) is 6.66. The molecule has 1 aliphatic heterocycles. The normalized spacial score (nSPS) is 18.1. The van der Waals surface area contributed by atoms with Crippen molar-refractivity contribution >= 4 is 46.8 Å². The average Bonchev–Trinajstić information content (AvgIpc) is 2.41. The van der Waals surface area contributed by atoms with E-state index in [1.54, 1.807) is 0 Å². The van der Waals surface area contributed by atoms with Crippen molar-refractivity contribution in [3.63, 3.8) is 0 Å². The van der Waals surface area contributed by atoms with Crippen molar-refractivity contribution in [2.24, 2.45) is 0 Å². The quantitative estimate of drug-likeness (QED) is 0.762. The van der Waals surface area contributed by atoms with Gasteiger partial charge in [-0.2, -0.15) is 0 Å². The van der Waals surface area contributed by atoms with Gasteiger partial charge in [-0.1, -0.05) is 23.2 Å². The molecule has 2 rings (SSSR count). The molecule has 1 unspecified atom stereocenters. The van der Waals surface area contributed by atoms with Gasteiger partial charge in [-0.25, -0.2) is 9.59 Å². The van der Waals surface area contributed by atoms with Gasteiger partial charge in [-0.3, -0.25) is 9.69 Å². The molecule has 0 bridgehead atoms. The lowest BCUT2D eigenvalue weighted by Gasteiger charge is -2.32. The molecule has 1 atom stereocenters. The van der Waals surface area contributed by atoms with Gasteiger partial charge < -0.3 is 15.7 Å². The molecule has 1 aliphatic rings. The van der Waals surface area contributed by atoms with Crippen LogP contribution in [0.3, 0.4) is 0 Å². The van der Waals surface area contributed by atoms with Crippen LogP contribution in [0.15, 0.2) is 18.2 Å². The van der Waals surface area contributed by atoms with E-state index in [-0.39, 0.29) is 23.8 Å². The molecule has 1 fully saturated rings. The fraction of sp³-hybridized carbons (Fsp3) is 0.250. The van der Waals surface area contributed by atoms with Gasteiger partial charge in [0.05, 0.1) is 10.7 Å². The number of benzene rings is 1. The van der Waals surface area contributed by atoms with Crippen molar-refractivity contribution in [3.05, 3.63) is 28.2 Å². The largest absolute Gasteiger partial charge is 0.480 e. The number of amides is 3. The molecular formula is C12H11Cl2N3O4. The van der Waals surface area contributed by atoms with Crippen LogP contribution in [0.4, 0.5) is 10.5 Å². The van der Waals surface area contributed by atoms with Gasteiger partial charge in [-0.15, -0.1) is 0 Å². The predicted molar refractivity (Wildman–Crippen MR) is 76.6 cm³/mol. The number of urea groups is 1. The second-order valence-corrected chi connectivity index (χ2v) is 5.18. The number of hydrogen-bond acceptors (Lipinski definition) is 3. The number of carboxylic acid groups (broad SMARTS) is 1. The summed E-state index contributed by atoms with van der Waals surface area (Å²) in [6.45, 7) is -0.482. The smallest absolute Gasteiger partial charge is 0.328 e. The second kappa shape index (κ2) is 6.19. The van der Waals surface area contributed by atoms with Crippen LogP contribution in [0.2, 0.25) is 10.0 Å². The number of halogens is 2. The Kier molecular flexibility index (Phi) is 4.54. The third kappa shape index (κ3) is 3.56. The van der Waals surface area contributed by atoms with Crippen LogP contribution in [0.5, 0.6) is 0 Å². The van der Waals surface area contributed by atoms with Crippen molar-refractivity contribution in [2.75, 3.05) is 18.4 Å². The Hall–Kier alpha value is -1.99. The van der Waals surface area contributed by atoms with Crippen molar-refractivity contribution in [1.82, 2.24) is 10.2 Å². The molecule has 0 aromatic heterocycles. The zero-order chi connectivity index (χ0) is 15.6. The molecule has 1 aromatic rings. The fourth-order valence-corrected chi connectivity index (χ4v) is 2.31. The van der Waals surface area contributed by atoms with Crippen LogP contribution in [-0.2, 0) is 9.59 Å². The molecule has 7 nitrogen and oxygen atoms in total. The van der Waals surface area contributed by atoms with E-state index >= 15 is 0 Å². The molecule has 112 valence electrons. The van der Waals surface area contributed by atoms with Crippen LogP contribution < -0.4 is 10.6 Å². The standard InChI is InChI=1S/C12H11Cl2N3O4/c13-6-1-2-8(7(14)3-6)16-12(21)17-5-10(18)15-4-9(17)11(19)20/h1-3,9H,4-5H2,(H,15,18)(H,16,21)(H,19,20). The maximum atomic E-state index is 12.1. The summed E-state index contributed by atoms with van der Waals surface area (Å²) in [7, 11) is 0. The van der Waals surface area contributed by atoms with Gasteiger partial charge in [0.25, 0.3) is 0 Å². The molecule has 3 N–H and O–H groups in total. The van der Waals surface area contributed by atoms with Crippen LogP contribution in [0, 0.1) is 0 Å². The zero-order valence-electron chi connectivity index (χ0n) is 10.6. The summed E-state index contributed by atoms with van der Waals surface area (Å²) in [6.07, 6.45) is 0. The molecule has 1 saturated heterocycles. The first-order valence-electron chi connectivity index (χ1n) is 5.90. The van der Waals surface area contributed by atoms with Crippen molar-refractivity contribution in [3.8, 4) is 0 Å². The Labute approximate surface area is 129 Å². The van der Waals surface area contributed by atoms with Crippen molar-refractivity contribution in [2.45, 2.75) is 6.04 Å². The topological polar surface area (TPSA) is 98.7 Å². The number of nitrogens with one attached hydrogen (secondary N) is 2. The minimum absolute atomic E-state index is 0.143. The summed E-state index contributed by atoms with van der Waals surface area (Å²) in [5, 5.41) is 14.6. The first-order chi connectivity index (χ1) is 9.88. The van der Waals surface area contributed by atoms with Crippen LogP contribution in [0.1, 0.15) is 0 Å². The molecule has 1 heterocycles. The highest BCUT2D eigenvalue weighted by atomic mass is 35.5. The van der Waals surface area contributed by atoms with Gasteiger partial charge in [0.15, 0.2) is 0 Å². The summed E-state index contributed by atoms with van der Waals surface area (Å²) in [5.74, 6) is -1.63. The fourth-order valence-electron chi connectivity index (χ4n) is 1.85. The van der Waals surface area contributed by atoms with Crippen LogP contribution in [0.25, 0.3) is 0 Å². The minimum Gasteiger partial charge on any atom is -0.480 e. The third-order valence-corrected chi connectivity index (χ3v) is 3.45. The minimum atomic E-state index is -1.20. The number of rotatable bonds is 2. The van der Waals surface area contributed by atoms with Gasteiger partial charge in [0, 0.05) is 11.6 Å². The van der Waals surface area contributed by atoms with E-state index in [4.69, 9.17) is 28.3 Å². The number of carbonyl (C=O) groups excluding carboxylic acids is 2. The second-order valence-electron chi connectivity index (χ2n) is 4.34. The summed E-state index contributed by atoms with van der Waals surface area (Å²) < 4.78 is 0. The van der Waals surface area contributed by atoms with E-state index in [9.17, 15) is 14.4 Å². The SMILES string of the molecule is O=C1CN(C(=O)Nc2ccc(Cl)cc2Cl)C(C(=O)O)CN1. The molecule has 0 saturated carbocycles. The zero-order valence-corrected chi connectivity index (χ0v) is 12.1. The summed E-state index contributed by atoms with van der Waals surface area (Å²) >= 11 is 11.7.